The molecule has 0 radical (unpaired) electrons. The second kappa shape index (κ2) is 4.29. The largest absolute Gasteiger partial charge is 0.363 e. The first-order valence-electron chi connectivity index (χ1n) is 4.98. The van der Waals surface area contributed by atoms with Crippen molar-refractivity contribution in [3.05, 3.63) is 47.7 Å². The third-order valence-electron chi connectivity index (χ3n) is 2.22. The molecule has 2 N–H and O–H groups in total. The lowest BCUT2D eigenvalue weighted by atomic mass is 10.1. The Morgan fingerprint density at radius 3 is 2.65 bits per heavy atom. The molecule has 0 aliphatic carbocycles. The van der Waals surface area contributed by atoms with E-state index in [0.29, 0.717) is 17.0 Å². The summed E-state index contributed by atoms with van der Waals surface area (Å²) in [6, 6.07) is 7.80. The van der Waals surface area contributed by atoms with Crippen LogP contribution in [0, 0.1) is 12.7 Å². The highest BCUT2D eigenvalue weighted by Gasteiger charge is 2.11. The molecule has 0 aliphatic rings. The van der Waals surface area contributed by atoms with Crippen molar-refractivity contribution in [1.82, 2.24) is 9.97 Å². The average Bonchev–Trinajstić information content (AvgIpc) is 2.28. The van der Waals surface area contributed by atoms with E-state index in [1.165, 1.54) is 6.07 Å². The molecule has 0 aliphatic heterocycles. The number of carbonyl (C=O) groups excluding carboxylic acids is 1. The summed E-state index contributed by atoms with van der Waals surface area (Å²) in [5, 5.41) is 0. The molecule has 4 nitrogen and oxygen atoms in total. The first-order chi connectivity index (χ1) is 8.08. The maximum Gasteiger partial charge on any atom is 0.286 e. The van der Waals surface area contributed by atoms with Gasteiger partial charge in [0, 0.05) is 11.3 Å². The standard InChI is InChI=1S/C12H10FN3O/c1-7-6-10(16-12(15-7)11(14)17)8-4-2-3-5-9(8)13/h2-6H,1H3,(H2,14,17). The number of carbonyl (C=O) groups is 1. The van der Waals surface area contributed by atoms with Gasteiger partial charge in [-0.2, -0.15) is 0 Å². The van der Waals surface area contributed by atoms with Gasteiger partial charge in [0.25, 0.3) is 5.91 Å². The Bertz CT molecular complexity index is 584. The zero-order valence-corrected chi connectivity index (χ0v) is 9.14. The van der Waals surface area contributed by atoms with Crippen molar-refractivity contribution in [1.29, 1.82) is 0 Å². The van der Waals surface area contributed by atoms with Gasteiger partial charge in [-0.1, -0.05) is 12.1 Å². The fourth-order valence-electron chi connectivity index (χ4n) is 1.49. The molecule has 0 unspecified atom stereocenters. The van der Waals surface area contributed by atoms with Crippen molar-refractivity contribution >= 4 is 5.91 Å². The Morgan fingerprint density at radius 1 is 1.29 bits per heavy atom. The number of aryl methyl sites for hydroxylation is 1. The molecule has 0 bridgehead atoms. The SMILES string of the molecule is Cc1cc(-c2ccccc2F)nc(C(N)=O)n1. The molecular weight excluding hydrogens is 221 g/mol. The van der Waals surface area contributed by atoms with Crippen LogP contribution in [-0.4, -0.2) is 15.9 Å². The van der Waals surface area contributed by atoms with Gasteiger partial charge >= 0.3 is 0 Å². The predicted octanol–water partition coefficient (Wildman–Crippen LogP) is 1.69. The van der Waals surface area contributed by atoms with Crippen molar-refractivity contribution < 1.29 is 9.18 Å². The summed E-state index contributed by atoms with van der Waals surface area (Å²) in [6.45, 7) is 1.69. The summed E-state index contributed by atoms with van der Waals surface area (Å²) in [4.78, 5) is 18.8. The van der Waals surface area contributed by atoms with E-state index in [2.05, 4.69) is 9.97 Å². The predicted molar refractivity (Wildman–Crippen MR) is 60.7 cm³/mol. The van der Waals surface area contributed by atoms with Crippen LogP contribution in [0.3, 0.4) is 0 Å². The highest BCUT2D eigenvalue weighted by Crippen LogP contribution is 2.20. The van der Waals surface area contributed by atoms with Crippen LogP contribution in [0.5, 0.6) is 0 Å². The molecule has 1 amide bonds. The zero-order chi connectivity index (χ0) is 12.4. The Balaban J connectivity index is 2.60. The van der Waals surface area contributed by atoms with E-state index < -0.39 is 11.7 Å². The molecule has 86 valence electrons. The summed E-state index contributed by atoms with van der Waals surface area (Å²) < 4.78 is 13.6. The summed E-state index contributed by atoms with van der Waals surface area (Å²) in [5.74, 6) is -1.24. The number of aromatic nitrogens is 2. The number of halogens is 1. The number of hydrogen-bond acceptors (Lipinski definition) is 3. The van der Waals surface area contributed by atoms with Gasteiger partial charge < -0.3 is 5.73 Å². The smallest absolute Gasteiger partial charge is 0.286 e. The molecule has 0 saturated carbocycles. The minimum Gasteiger partial charge on any atom is -0.363 e. The Hall–Kier alpha value is -2.30. The second-order valence-corrected chi connectivity index (χ2v) is 3.56. The van der Waals surface area contributed by atoms with E-state index in [1.54, 1.807) is 31.2 Å². The number of rotatable bonds is 2. The summed E-state index contributed by atoms with van der Waals surface area (Å²) in [5.41, 5.74) is 6.34. The van der Waals surface area contributed by atoms with E-state index in [0.717, 1.165) is 0 Å². The lowest BCUT2D eigenvalue weighted by Crippen LogP contribution is -2.16. The van der Waals surface area contributed by atoms with Gasteiger partial charge in [0.1, 0.15) is 5.82 Å². The molecule has 0 fully saturated rings. The van der Waals surface area contributed by atoms with Crippen molar-refractivity contribution in [2.75, 3.05) is 0 Å². The monoisotopic (exact) mass is 231 g/mol. The molecule has 2 rings (SSSR count). The van der Waals surface area contributed by atoms with Crippen LogP contribution < -0.4 is 5.73 Å². The van der Waals surface area contributed by atoms with E-state index in [4.69, 9.17) is 5.73 Å². The van der Waals surface area contributed by atoms with Gasteiger partial charge in [-0.15, -0.1) is 0 Å². The van der Waals surface area contributed by atoms with Gasteiger partial charge in [-0.3, -0.25) is 4.79 Å². The quantitative estimate of drug-likeness (QED) is 0.855. The minimum absolute atomic E-state index is 0.108. The normalized spacial score (nSPS) is 10.2. The molecule has 17 heavy (non-hydrogen) atoms. The van der Waals surface area contributed by atoms with Crippen molar-refractivity contribution in [3.63, 3.8) is 0 Å². The molecule has 1 heterocycles. The second-order valence-electron chi connectivity index (χ2n) is 3.56. The molecule has 1 aromatic carbocycles. The number of nitrogens with two attached hydrogens (primary N) is 1. The van der Waals surface area contributed by atoms with Crippen molar-refractivity contribution in [2.45, 2.75) is 6.92 Å². The maximum atomic E-state index is 13.6. The van der Waals surface area contributed by atoms with Crippen LogP contribution in [0.25, 0.3) is 11.3 Å². The van der Waals surface area contributed by atoms with Crippen LogP contribution >= 0.6 is 0 Å². The number of hydrogen-bond donors (Lipinski definition) is 1. The number of amides is 1. The fourth-order valence-corrected chi connectivity index (χ4v) is 1.49. The molecule has 0 saturated heterocycles. The number of nitrogens with zero attached hydrogens (tertiary/aromatic N) is 2. The first kappa shape index (κ1) is 11.2. The zero-order valence-electron chi connectivity index (χ0n) is 9.14. The molecule has 0 spiro atoms. The van der Waals surface area contributed by atoms with E-state index in [-0.39, 0.29) is 5.82 Å². The third kappa shape index (κ3) is 2.28. The van der Waals surface area contributed by atoms with Gasteiger partial charge in [0.05, 0.1) is 5.69 Å². The van der Waals surface area contributed by atoms with Crippen LogP contribution in [0.2, 0.25) is 0 Å². The average molecular weight is 231 g/mol. The molecule has 5 heteroatoms. The summed E-state index contributed by atoms with van der Waals surface area (Å²) in [6.07, 6.45) is 0. The lowest BCUT2D eigenvalue weighted by Gasteiger charge is -2.04. The molecule has 0 atom stereocenters. The van der Waals surface area contributed by atoms with Gasteiger partial charge in [-0.25, -0.2) is 14.4 Å². The number of benzene rings is 1. The maximum absolute atomic E-state index is 13.6. The van der Waals surface area contributed by atoms with Crippen molar-refractivity contribution in [3.8, 4) is 11.3 Å². The van der Waals surface area contributed by atoms with Crippen LogP contribution in [-0.2, 0) is 0 Å². The Morgan fingerprint density at radius 2 is 2.00 bits per heavy atom. The fraction of sp³-hybridized carbons (Fsp3) is 0.0833. The topological polar surface area (TPSA) is 68.9 Å². The summed E-state index contributed by atoms with van der Waals surface area (Å²) >= 11 is 0. The highest BCUT2D eigenvalue weighted by atomic mass is 19.1. The van der Waals surface area contributed by atoms with Crippen LogP contribution in [0.15, 0.2) is 30.3 Å². The van der Waals surface area contributed by atoms with Crippen LogP contribution in [0.4, 0.5) is 4.39 Å². The van der Waals surface area contributed by atoms with Gasteiger partial charge in [-0.05, 0) is 25.1 Å². The van der Waals surface area contributed by atoms with Gasteiger partial charge in [0.15, 0.2) is 0 Å². The minimum atomic E-state index is -0.730. The first-order valence-corrected chi connectivity index (χ1v) is 4.98. The van der Waals surface area contributed by atoms with E-state index >= 15 is 0 Å². The lowest BCUT2D eigenvalue weighted by molar-refractivity contribution is 0.0990. The van der Waals surface area contributed by atoms with Crippen molar-refractivity contribution in [2.24, 2.45) is 5.73 Å². The molecule has 1 aromatic heterocycles. The third-order valence-corrected chi connectivity index (χ3v) is 2.22. The number of primary amides is 1. The molecular formula is C12H10FN3O. The molecule has 2 aromatic rings. The van der Waals surface area contributed by atoms with Crippen LogP contribution in [0.1, 0.15) is 16.3 Å². The summed E-state index contributed by atoms with van der Waals surface area (Å²) in [7, 11) is 0. The Kier molecular flexibility index (Phi) is 2.82. The van der Waals surface area contributed by atoms with Gasteiger partial charge in [0.2, 0.25) is 5.82 Å². The Labute approximate surface area is 97.3 Å². The van der Waals surface area contributed by atoms with E-state index in [9.17, 15) is 9.18 Å². The van der Waals surface area contributed by atoms with E-state index in [1.807, 2.05) is 0 Å². The highest BCUT2D eigenvalue weighted by molar-refractivity contribution is 5.89.